The van der Waals surface area contributed by atoms with Crippen LogP contribution < -0.4 is 10.2 Å². The molecule has 1 aliphatic carbocycles. The number of aryl methyl sites for hydroxylation is 1. The smallest absolute Gasteiger partial charge is 0.150 e. The van der Waals surface area contributed by atoms with Crippen LogP contribution in [0.1, 0.15) is 36.6 Å². The van der Waals surface area contributed by atoms with E-state index in [0.29, 0.717) is 15.9 Å². The third kappa shape index (κ3) is 4.33. The van der Waals surface area contributed by atoms with E-state index in [1.165, 1.54) is 16.8 Å². The van der Waals surface area contributed by atoms with Crippen molar-refractivity contribution in [2.24, 2.45) is 0 Å². The quantitative estimate of drug-likeness (QED) is 0.424. The van der Waals surface area contributed by atoms with E-state index in [1.54, 1.807) is 0 Å². The van der Waals surface area contributed by atoms with Crippen LogP contribution in [0.15, 0.2) is 42.5 Å². The maximum Gasteiger partial charge on any atom is 0.150 e. The maximum absolute atomic E-state index is 14.8. The zero-order chi connectivity index (χ0) is 23.2. The molecule has 1 aromatic heterocycles. The van der Waals surface area contributed by atoms with Crippen molar-refractivity contribution in [3.05, 3.63) is 80.3 Å². The number of halogens is 4. The van der Waals surface area contributed by atoms with Crippen LogP contribution in [-0.4, -0.2) is 22.0 Å². The summed E-state index contributed by atoms with van der Waals surface area (Å²) in [5.41, 5.74) is 5.76. The molecule has 2 heterocycles. The Morgan fingerprint density at radius 2 is 1.94 bits per heavy atom. The van der Waals surface area contributed by atoms with Crippen LogP contribution in [0.25, 0.3) is 11.4 Å². The second kappa shape index (κ2) is 8.84. The molecular formula is C24H21Cl3FN3O2. The van der Waals surface area contributed by atoms with Crippen molar-refractivity contribution in [3.63, 3.8) is 0 Å². The highest BCUT2D eigenvalue weighted by molar-refractivity contribution is 6.32. The number of nitrogens with zero attached hydrogens (tertiary/aromatic N) is 2. The Hall–Kier alpha value is -2.25. The molecule has 1 aliphatic heterocycles. The number of ether oxygens (including phenoxy) is 1. The van der Waals surface area contributed by atoms with E-state index in [2.05, 4.69) is 10.6 Å². The summed E-state index contributed by atoms with van der Waals surface area (Å²) in [6, 6.07) is 10.2. The van der Waals surface area contributed by atoms with Gasteiger partial charge in [0.15, 0.2) is 5.82 Å². The summed E-state index contributed by atoms with van der Waals surface area (Å²) in [6.07, 6.45) is 5.67. The molecule has 0 spiro atoms. The lowest BCUT2D eigenvalue weighted by molar-refractivity contribution is -0.0472. The highest BCUT2D eigenvalue weighted by Crippen LogP contribution is 2.36. The van der Waals surface area contributed by atoms with Gasteiger partial charge in [-0.2, -0.15) is 5.10 Å². The lowest BCUT2D eigenvalue weighted by Gasteiger charge is -2.21. The van der Waals surface area contributed by atoms with Crippen LogP contribution in [0.2, 0.25) is 15.2 Å². The van der Waals surface area contributed by atoms with Gasteiger partial charge in [0.25, 0.3) is 0 Å². The third-order valence-corrected chi connectivity index (χ3v) is 6.86. The Kier molecular flexibility index (Phi) is 6.04. The van der Waals surface area contributed by atoms with Gasteiger partial charge < -0.3 is 4.74 Å². The van der Waals surface area contributed by atoms with E-state index >= 15 is 0 Å². The second-order valence-electron chi connectivity index (χ2n) is 8.41. The molecule has 0 bridgehead atoms. The topological polar surface area (TPSA) is 48.3 Å². The van der Waals surface area contributed by atoms with Crippen LogP contribution in [0.3, 0.4) is 0 Å². The first kappa shape index (κ1) is 22.5. The maximum atomic E-state index is 14.8. The number of aromatic nitrogens is 2. The number of nitrogens with one attached hydrogen (secondary N) is 1. The van der Waals surface area contributed by atoms with Gasteiger partial charge in [-0.3, -0.25) is 10.3 Å². The fourth-order valence-electron chi connectivity index (χ4n) is 4.11. The van der Waals surface area contributed by atoms with Gasteiger partial charge in [-0.25, -0.2) is 9.07 Å². The first-order valence-electron chi connectivity index (χ1n) is 10.6. The predicted octanol–water partition coefficient (Wildman–Crippen LogP) is 6.56. The van der Waals surface area contributed by atoms with Crippen LogP contribution in [-0.2, 0) is 17.7 Å². The Morgan fingerprint density at radius 1 is 1.15 bits per heavy atom. The standard InChI is InChI=1S/C24H21Cl3FN3O2/c1-24(12-20(30-33-24)14-6-2-4-8-16(14)25)13-32-22-11-21(18(28)10-17(22)26)31-23(27)15-7-3-5-9-19(15)29-31/h2,4,6,8,10-12,30H,3,5,7,9,13H2,1H3. The molecule has 0 saturated heterocycles. The van der Waals surface area contributed by atoms with Gasteiger partial charge in [0.2, 0.25) is 0 Å². The SMILES string of the molecule is CC1(COc2cc(-n3nc4c(c3Cl)CCCC4)c(F)cc2Cl)C=C(c2ccccc2Cl)NO1. The first-order valence-corrected chi connectivity index (χ1v) is 11.8. The van der Waals surface area contributed by atoms with E-state index in [1.807, 2.05) is 37.3 Å². The number of rotatable bonds is 5. The van der Waals surface area contributed by atoms with E-state index in [4.69, 9.17) is 44.4 Å². The van der Waals surface area contributed by atoms with Gasteiger partial charge in [-0.1, -0.05) is 53.0 Å². The van der Waals surface area contributed by atoms with Gasteiger partial charge in [0.1, 0.15) is 28.8 Å². The summed E-state index contributed by atoms with van der Waals surface area (Å²) in [5, 5.41) is 5.73. The normalized spacial score (nSPS) is 19.7. The van der Waals surface area contributed by atoms with Gasteiger partial charge in [-0.05, 0) is 50.8 Å². The Bertz CT molecular complexity index is 1260. The lowest BCUT2D eigenvalue weighted by atomic mass is 9.99. The summed E-state index contributed by atoms with van der Waals surface area (Å²) < 4.78 is 22.2. The molecule has 2 aromatic carbocycles. The second-order valence-corrected chi connectivity index (χ2v) is 9.58. The highest BCUT2D eigenvalue weighted by Gasteiger charge is 2.32. The average Bonchev–Trinajstić information content (AvgIpc) is 3.34. The summed E-state index contributed by atoms with van der Waals surface area (Å²) in [4.78, 5) is 5.75. The van der Waals surface area contributed by atoms with Gasteiger partial charge >= 0.3 is 0 Å². The molecule has 9 heteroatoms. The number of hydroxylamine groups is 1. The van der Waals surface area contributed by atoms with Crippen molar-refractivity contribution in [2.75, 3.05) is 6.61 Å². The Labute approximate surface area is 206 Å². The van der Waals surface area contributed by atoms with Crippen molar-refractivity contribution in [1.29, 1.82) is 0 Å². The van der Waals surface area contributed by atoms with E-state index in [0.717, 1.165) is 48.2 Å². The van der Waals surface area contributed by atoms with Crippen LogP contribution in [0.5, 0.6) is 5.75 Å². The van der Waals surface area contributed by atoms with Gasteiger partial charge in [-0.15, -0.1) is 0 Å². The van der Waals surface area contributed by atoms with Gasteiger partial charge in [0, 0.05) is 22.2 Å². The zero-order valence-electron chi connectivity index (χ0n) is 17.8. The monoisotopic (exact) mass is 507 g/mol. The molecule has 33 heavy (non-hydrogen) atoms. The van der Waals surface area contributed by atoms with Crippen LogP contribution >= 0.6 is 34.8 Å². The molecular weight excluding hydrogens is 488 g/mol. The van der Waals surface area contributed by atoms with E-state index in [9.17, 15) is 4.39 Å². The largest absolute Gasteiger partial charge is 0.488 e. The summed E-state index contributed by atoms with van der Waals surface area (Å²) in [7, 11) is 0. The van der Waals surface area contributed by atoms with E-state index in [-0.39, 0.29) is 17.3 Å². The molecule has 1 unspecified atom stereocenters. The summed E-state index contributed by atoms with van der Waals surface area (Å²) in [5.74, 6) is -0.220. The number of hydrogen-bond acceptors (Lipinski definition) is 4. The minimum absolute atomic E-state index is 0.127. The first-order chi connectivity index (χ1) is 15.8. The Morgan fingerprint density at radius 3 is 2.73 bits per heavy atom. The fraction of sp³-hybridized carbons (Fsp3) is 0.292. The van der Waals surface area contributed by atoms with Crippen molar-refractivity contribution >= 4 is 40.5 Å². The minimum atomic E-state index is -0.797. The third-order valence-electron chi connectivity index (χ3n) is 5.85. The highest BCUT2D eigenvalue weighted by atomic mass is 35.5. The lowest BCUT2D eigenvalue weighted by Crippen LogP contribution is -2.33. The molecule has 172 valence electrons. The minimum Gasteiger partial charge on any atom is -0.488 e. The molecule has 2 aliphatic rings. The van der Waals surface area contributed by atoms with Crippen molar-refractivity contribution in [3.8, 4) is 11.4 Å². The number of benzene rings is 2. The zero-order valence-corrected chi connectivity index (χ0v) is 20.1. The molecule has 1 atom stereocenters. The molecule has 0 fully saturated rings. The fourth-order valence-corrected chi connectivity index (χ4v) is 4.88. The summed E-state index contributed by atoms with van der Waals surface area (Å²) >= 11 is 19.1. The Balaban J connectivity index is 1.40. The van der Waals surface area contributed by atoms with Crippen molar-refractivity contribution < 1.29 is 14.0 Å². The average molecular weight is 509 g/mol. The molecule has 0 radical (unpaired) electrons. The van der Waals surface area contributed by atoms with Crippen LogP contribution in [0, 0.1) is 5.82 Å². The number of hydrogen-bond donors (Lipinski definition) is 1. The predicted molar refractivity (Wildman–Crippen MR) is 128 cm³/mol. The molecule has 5 nitrogen and oxygen atoms in total. The molecule has 5 rings (SSSR count). The molecule has 1 N–H and O–H groups in total. The van der Waals surface area contributed by atoms with Crippen molar-refractivity contribution in [2.45, 2.75) is 38.2 Å². The summed E-state index contributed by atoms with van der Waals surface area (Å²) in [6.45, 7) is 1.99. The molecule has 0 amide bonds. The van der Waals surface area contributed by atoms with Crippen LogP contribution in [0.4, 0.5) is 4.39 Å². The molecule has 0 saturated carbocycles. The van der Waals surface area contributed by atoms with Crippen molar-refractivity contribution in [1.82, 2.24) is 15.3 Å². The van der Waals surface area contributed by atoms with E-state index < -0.39 is 11.4 Å². The van der Waals surface area contributed by atoms with Gasteiger partial charge in [0.05, 0.1) is 16.4 Å². The number of fused-ring (bicyclic) bond motifs is 1. The molecule has 3 aromatic rings.